The number of aromatic nitrogens is 1. The van der Waals surface area contributed by atoms with E-state index in [2.05, 4.69) is 4.98 Å². The molecule has 11 heteroatoms. The summed E-state index contributed by atoms with van der Waals surface area (Å²) in [6, 6.07) is 6.03. The summed E-state index contributed by atoms with van der Waals surface area (Å²) in [5.74, 6) is -0.301. The maximum Gasteiger partial charge on any atom is 0.257 e. The van der Waals surface area contributed by atoms with Crippen molar-refractivity contribution in [1.29, 1.82) is 0 Å². The smallest absolute Gasteiger partial charge is 0.257 e. The number of carbonyl (C=O) groups excluding carboxylic acids is 1. The van der Waals surface area contributed by atoms with Crippen LogP contribution in [0.4, 0.5) is 0 Å². The Morgan fingerprint density at radius 2 is 1.72 bits per heavy atom. The molecule has 0 saturated carbocycles. The summed E-state index contributed by atoms with van der Waals surface area (Å²) in [4.78, 5) is 17.9. The van der Waals surface area contributed by atoms with Gasteiger partial charge in [-0.2, -0.15) is 4.31 Å². The number of halogens is 3. The molecule has 134 valence electrons. The van der Waals surface area contributed by atoms with Gasteiger partial charge in [0, 0.05) is 26.2 Å². The Morgan fingerprint density at radius 1 is 1.04 bits per heavy atom. The third-order valence-corrected chi connectivity index (χ3v) is 7.81. The minimum atomic E-state index is -3.60. The fraction of sp³-hybridized carbons (Fsp3) is 0.286. The molecule has 6 nitrogen and oxygen atoms in total. The van der Waals surface area contributed by atoms with Crippen LogP contribution in [0.2, 0.25) is 14.6 Å². The highest BCUT2D eigenvalue weighted by molar-refractivity contribution is 7.91. The molecule has 1 amide bonds. The van der Waals surface area contributed by atoms with E-state index < -0.39 is 10.0 Å². The Hall–Kier alpha value is -0.900. The van der Waals surface area contributed by atoms with Crippen LogP contribution in [0.25, 0.3) is 0 Å². The van der Waals surface area contributed by atoms with E-state index in [1.165, 1.54) is 22.5 Å². The van der Waals surface area contributed by atoms with E-state index in [0.29, 0.717) is 4.34 Å². The van der Waals surface area contributed by atoms with Crippen molar-refractivity contribution >= 4 is 62.1 Å². The molecule has 1 aliphatic heterocycles. The Morgan fingerprint density at radius 3 is 2.28 bits per heavy atom. The molecular weight excluding hydrogens is 429 g/mol. The van der Waals surface area contributed by atoms with Crippen molar-refractivity contribution in [3.05, 3.63) is 44.5 Å². The van der Waals surface area contributed by atoms with E-state index >= 15 is 0 Å². The maximum atomic E-state index is 12.6. The van der Waals surface area contributed by atoms with Crippen LogP contribution in [-0.2, 0) is 10.0 Å². The first-order valence-corrected chi connectivity index (χ1v) is 10.5. The van der Waals surface area contributed by atoms with Gasteiger partial charge in [0.15, 0.2) is 0 Å². The van der Waals surface area contributed by atoms with Gasteiger partial charge in [-0.05, 0) is 24.3 Å². The lowest BCUT2D eigenvalue weighted by atomic mass is 10.2. The van der Waals surface area contributed by atoms with E-state index in [0.717, 1.165) is 11.3 Å². The second kappa shape index (κ2) is 7.38. The number of pyridine rings is 1. The highest BCUT2D eigenvalue weighted by Crippen LogP contribution is 2.29. The molecule has 25 heavy (non-hydrogen) atoms. The van der Waals surface area contributed by atoms with Gasteiger partial charge in [-0.3, -0.25) is 4.79 Å². The van der Waals surface area contributed by atoms with Gasteiger partial charge in [0.2, 0.25) is 0 Å². The van der Waals surface area contributed by atoms with Crippen molar-refractivity contribution in [1.82, 2.24) is 14.2 Å². The lowest BCUT2D eigenvalue weighted by Gasteiger charge is -2.33. The fourth-order valence-corrected chi connectivity index (χ4v) is 5.92. The van der Waals surface area contributed by atoms with Crippen molar-refractivity contribution in [3.8, 4) is 0 Å². The molecule has 0 bridgehead atoms. The van der Waals surface area contributed by atoms with Crippen LogP contribution in [0, 0.1) is 0 Å². The van der Waals surface area contributed by atoms with Crippen LogP contribution in [0.15, 0.2) is 28.5 Å². The van der Waals surface area contributed by atoms with Crippen LogP contribution in [0.3, 0.4) is 0 Å². The topological polar surface area (TPSA) is 70.6 Å². The number of rotatable bonds is 3. The summed E-state index contributed by atoms with van der Waals surface area (Å²) >= 11 is 18.5. The number of hydrogen-bond acceptors (Lipinski definition) is 5. The minimum absolute atomic E-state index is 0.0285. The van der Waals surface area contributed by atoms with Gasteiger partial charge in [-0.25, -0.2) is 13.4 Å². The van der Waals surface area contributed by atoms with Gasteiger partial charge in [0.1, 0.15) is 14.5 Å². The SMILES string of the molecule is O=C(c1ccc(Cl)nc1Cl)N1CCN(S(=O)(=O)c2ccc(Cl)s2)CC1. The second-order valence-corrected chi connectivity index (χ2v) is 9.85. The van der Waals surface area contributed by atoms with Crippen molar-refractivity contribution in [2.45, 2.75) is 4.21 Å². The number of nitrogens with zero attached hydrogens (tertiary/aromatic N) is 3. The molecule has 0 spiro atoms. The molecular formula is C14H12Cl3N3O3S2. The Bertz CT molecular complexity index is 909. The molecule has 0 radical (unpaired) electrons. The Kier molecular flexibility index (Phi) is 5.57. The van der Waals surface area contributed by atoms with E-state index in [4.69, 9.17) is 34.8 Å². The molecule has 2 aromatic heterocycles. The number of carbonyl (C=O) groups is 1. The van der Waals surface area contributed by atoms with Gasteiger partial charge in [-0.15, -0.1) is 11.3 Å². The van der Waals surface area contributed by atoms with Gasteiger partial charge in [-0.1, -0.05) is 34.8 Å². The second-order valence-electron chi connectivity index (χ2n) is 5.23. The van der Waals surface area contributed by atoms with Gasteiger partial charge in [0.05, 0.1) is 9.90 Å². The van der Waals surface area contributed by atoms with Gasteiger partial charge in [0.25, 0.3) is 15.9 Å². The summed E-state index contributed by atoms with van der Waals surface area (Å²) in [6.07, 6.45) is 0. The summed E-state index contributed by atoms with van der Waals surface area (Å²) < 4.78 is 27.1. The molecule has 1 saturated heterocycles. The highest BCUT2D eigenvalue weighted by Gasteiger charge is 2.32. The summed E-state index contributed by atoms with van der Waals surface area (Å²) in [5, 5.41) is 0.229. The third kappa shape index (κ3) is 3.94. The van der Waals surface area contributed by atoms with Crippen LogP contribution in [0.5, 0.6) is 0 Å². The van der Waals surface area contributed by atoms with Crippen LogP contribution < -0.4 is 0 Å². The van der Waals surface area contributed by atoms with Crippen LogP contribution in [0.1, 0.15) is 10.4 Å². The zero-order valence-corrected chi connectivity index (χ0v) is 16.6. The predicted molar refractivity (Wildman–Crippen MR) is 98.2 cm³/mol. The van der Waals surface area contributed by atoms with E-state index in [1.54, 1.807) is 11.0 Å². The Balaban J connectivity index is 1.70. The molecule has 3 rings (SSSR count). The normalized spacial score (nSPS) is 16.2. The minimum Gasteiger partial charge on any atom is -0.336 e. The van der Waals surface area contributed by atoms with Crippen LogP contribution >= 0.6 is 46.1 Å². The number of thiophene rings is 1. The predicted octanol–water partition coefficient (Wildman–Crippen LogP) is 3.25. The molecule has 2 aromatic rings. The van der Waals surface area contributed by atoms with Crippen molar-refractivity contribution in [2.24, 2.45) is 0 Å². The fourth-order valence-electron chi connectivity index (χ4n) is 2.44. The highest BCUT2D eigenvalue weighted by atomic mass is 35.5. The quantitative estimate of drug-likeness (QED) is 0.687. The first-order chi connectivity index (χ1) is 11.8. The number of hydrogen-bond donors (Lipinski definition) is 0. The average Bonchev–Trinajstić information content (AvgIpc) is 3.02. The number of amides is 1. The van der Waals surface area contributed by atoms with E-state index in [9.17, 15) is 13.2 Å². The average molecular weight is 441 g/mol. The summed E-state index contributed by atoms with van der Waals surface area (Å²) in [6.45, 7) is 0.913. The third-order valence-electron chi connectivity index (χ3n) is 3.71. The number of sulfonamides is 1. The lowest BCUT2D eigenvalue weighted by molar-refractivity contribution is 0.0698. The van der Waals surface area contributed by atoms with Crippen LogP contribution in [-0.4, -0.2) is 54.7 Å². The molecule has 1 aliphatic rings. The van der Waals surface area contributed by atoms with Crippen molar-refractivity contribution in [2.75, 3.05) is 26.2 Å². The zero-order valence-electron chi connectivity index (χ0n) is 12.7. The van der Waals surface area contributed by atoms with Gasteiger partial charge < -0.3 is 4.90 Å². The van der Waals surface area contributed by atoms with Crippen molar-refractivity contribution in [3.63, 3.8) is 0 Å². The summed E-state index contributed by atoms with van der Waals surface area (Å²) in [5.41, 5.74) is 0.243. The molecule has 0 N–H and O–H groups in total. The standard InChI is InChI=1S/C14H12Cl3N3O3S2/c15-10-2-1-9(13(17)18-10)14(21)19-5-7-20(8-6-19)25(22,23)12-4-3-11(16)24-12/h1-4H,5-8H2. The van der Waals surface area contributed by atoms with Gasteiger partial charge >= 0.3 is 0 Å². The first kappa shape index (κ1) is 18.9. The lowest BCUT2D eigenvalue weighted by Crippen LogP contribution is -2.50. The van der Waals surface area contributed by atoms with E-state index in [-0.39, 0.29) is 52.2 Å². The zero-order chi connectivity index (χ0) is 18.2. The number of piperazine rings is 1. The largest absolute Gasteiger partial charge is 0.336 e. The van der Waals surface area contributed by atoms with E-state index in [1.807, 2.05) is 0 Å². The molecule has 1 fully saturated rings. The molecule has 0 atom stereocenters. The Labute approximate surface area is 164 Å². The molecule has 0 aliphatic carbocycles. The maximum absolute atomic E-state index is 12.6. The first-order valence-electron chi connectivity index (χ1n) is 7.16. The molecule has 0 unspecified atom stereocenters. The molecule has 0 aromatic carbocycles. The monoisotopic (exact) mass is 439 g/mol. The van der Waals surface area contributed by atoms with Crippen molar-refractivity contribution < 1.29 is 13.2 Å². The summed E-state index contributed by atoms with van der Waals surface area (Å²) in [7, 11) is -3.60. The molecule has 3 heterocycles.